The van der Waals surface area contributed by atoms with E-state index >= 15 is 0 Å². The van der Waals surface area contributed by atoms with Gasteiger partial charge in [-0.1, -0.05) is 18.2 Å². The van der Waals surface area contributed by atoms with E-state index in [1.54, 1.807) is 0 Å². The van der Waals surface area contributed by atoms with Crippen molar-refractivity contribution in [2.24, 2.45) is 0 Å². The van der Waals surface area contributed by atoms with Gasteiger partial charge in [0.15, 0.2) is 0 Å². The Balaban J connectivity index is 0.00000147. The fraction of sp³-hybridized carbons (Fsp3) is 0.500. The van der Waals surface area contributed by atoms with Crippen molar-refractivity contribution in [2.75, 3.05) is 20.1 Å². The van der Waals surface area contributed by atoms with Crippen LogP contribution in [-0.4, -0.2) is 31.1 Å². The van der Waals surface area contributed by atoms with E-state index in [-0.39, 0.29) is 12.4 Å². The van der Waals surface area contributed by atoms with Crippen molar-refractivity contribution < 1.29 is 4.42 Å². The zero-order chi connectivity index (χ0) is 13.1. The highest BCUT2D eigenvalue weighted by atomic mass is 35.5. The summed E-state index contributed by atoms with van der Waals surface area (Å²) in [4.78, 5) is 2.48. The van der Waals surface area contributed by atoms with Crippen molar-refractivity contribution in [1.29, 1.82) is 0 Å². The maximum Gasteiger partial charge on any atom is 0.134 e. The van der Waals surface area contributed by atoms with Crippen LogP contribution in [0.1, 0.15) is 24.8 Å². The lowest BCUT2D eigenvalue weighted by Crippen LogP contribution is -2.31. The summed E-state index contributed by atoms with van der Waals surface area (Å²) >= 11 is 0. The van der Waals surface area contributed by atoms with Crippen LogP contribution in [0.5, 0.6) is 0 Å². The number of rotatable bonds is 3. The van der Waals surface area contributed by atoms with E-state index in [0.29, 0.717) is 6.04 Å². The second-order valence-corrected chi connectivity index (χ2v) is 5.51. The van der Waals surface area contributed by atoms with Crippen LogP contribution in [0.15, 0.2) is 34.9 Å². The van der Waals surface area contributed by atoms with Crippen molar-refractivity contribution in [3.05, 3.63) is 36.1 Å². The molecule has 1 N–H and O–H groups in total. The molecule has 3 nitrogen and oxygen atoms in total. The van der Waals surface area contributed by atoms with Gasteiger partial charge in [0.2, 0.25) is 0 Å². The molecule has 1 aromatic heterocycles. The number of benzene rings is 1. The molecule has 2 aromatic rings. The molecule has 1 fully saturated rings. The summed E-state index contributed by atoms with van der Waals surface area (Å²) < 4.78 is 5.62. The summed E-state index contributed by atoms with van der Waals surface area (Å²) in [6.45, 7) is 3.28. The Labute approximate surface area is 126 Å². The van der Waals surface area contributed by atoms with Crippen LogP contribution in [0.25, 0.3) is 11.0 Å². The number of hydrogen-bond donors (Lipinski definition) is 1. The fourth-order valence-corrected chi connectivity index (χ4v) is 2.99. The molecule has 0 bridgehead atoms. The Morgan fingerprint density at radius 2 is 2.10 bits per heavy atom. The van der Waals surface area contributed by atoms with Crippen LogP contribution in [0.4, 0.5) is 0 Å². The van der Waals surface area contributed by atoms with Crippen LogP contribution < -0.4 is 5.32 Å². The lowest BCUT2D eigenvalue weighted by Gasteiger charge is -2.26. The minimum absolute atomic E-state index is 0. The van der Waals surface area contributed by atoms with Crippen LogP contribution in [0, 0.1) is 0 Å². The van der Waals surface area contributed by atoms with Crippen molar-refractivity contribution in [2.45, 2.75) is 31.8 Å². The second-order valence-electron chi connectivity index (χ2n) is 5.51. The lowest BCUT2D eigenvalue weighted by molar-refractivity contribution is 0.216. The number of nitrogens with one attached hydrogen (secondary N) is 1. The first-order valence-corrected chi connectivity index (χ1v) is 7.20. The van der Waals surface area contributed by atoms with Gasteiger partial charge in [0.25, 0.3) is 0 Å². The van der Waals surface area contributed by atoms with Gasteiger partial charge in [0.1, 0.15) is 5.58 Å². The molecule has 0 radical (unpaired) electrons. The highest BCUT2D eigenvalue weighted by Crippen LogP contribution is 2.23. The molecule has 3 rings (SSSR count). The normalized spacial score (nSPS) is 19.8. The number of hydrogen-bond acceptors (Lipinski definition) is 3. The standard InChI is InChI=1S/C16H22N2O.ClH/c1-18(14-5-4-9-17-10-8-14)11-13-12-19-16-7-3-2-6-15(13)16;/h2-3,6-7,12,14,17H,4-5,8-11H2,1H3;1H. The maximum atomic E-state index is 5.62. The topological polar surface area (TPSA) is 28.4 Å². The molecule has 1 saturated heterocycles. The summed E-state index contributed by atoms with van der Waals surface area (Å²) in [5, 5.41) is 4.73. The Hall–Kier alpha value is -1.03. The molecule has 4 heteroatoms. The minimum atomic E-state index is 0. The lowest BCUT2D eigenvalue weighted by atomic mass is 10.1. The molecule has 1 aliphatic rings. The van der Waals surface area contributed by atoms with Gasteiger partial charge in [-0.2, -0.15) is 0 Å². The molecular formula is C16H23ClN2O. The van der Waals surface area contributed by atoms with E-state index in [1.807, 2.05) is 18.4 Å². The smallest absolute Gasteiger partial charge is 0.134 e. The quantitative estimate of drug-likeness (QED) is 0.940. The Kier molecular flexibility index (Phi) is 5.46. The fourth-order valence-electron chi connectivity index (χ4n) is 2.99. The molecule has 0 amide bonds. The first-order chi connectivity index (χ1) is 9.34. The third-order valence-corrected chi connectivity index (χ3v) is 4.15. The SMILES string of the molecule is CN(Cc1coc2ccccc12)C1CCCNCC1.Cl. The zero-order valence-electron chi connectivity index (χ0n) is 12.0. The summed E-state index contributed by atoms with van der Waals surface area (Å²) in [7, 11) is 2.23. The molecule has 1 unspecified atom stereocenters. The molecule has 0 spiro atoms. The molecule has 0 saturated carbocycles. The van der Waals surface area contributed by atoms with Crippen molar-refractivity contribution in [3.8, 4) is 0 Å². The molecule has 20 heavy (non-hydrogen) atoms. The Morgan fingerprint density at radius 3 is 3.00 bits per heavy atom. The van der Waals surface area contributed by atoms with Crippen molar-refractivity contribution in [3.63, 3.8) is 0 Å². The molecular weight excluding hydrogens is 272 g/mol. The van der Waals surface area contributed by atoms with Gasteiger partial charge in [0, 0.05) is 23.5 Å². The first-order valence-electron chi connectivity index (χ1n) is 7.20. The maximum absolute atomic E-state index is 5.62. The molecule has 1 aliphatic heterocycles. The first kappa shape index (κ1) is 15.4. The molecule has 110 valence electrons. The minimum Gasteiger partial charge on any atom is -0.464 e. The van der Waals surface area contributed by atoms with Crippen LogP contribution in [-0.2, 0) is 6.54 Å². The average molecular weight is 295 g/mol. The highest BCUT2D eigenvalue weighted by molar-refractivity contribution is 5.85. The van der Waals surface area contributed by atoms with Gasteiger partial charge >= 0.3 is 0 Å². The summed E-state index contributed by atoms with van der Waals surface area (Å²) in [5.74, 6) is 0. The molecule has 1 aromatic carbocycles. The molecule has 2 heterocycles. The van der Waals surface area contributed by atoms with E-state index in [9.17, 15) is 0 Å². The molecule has 1 atom stereocenters. The highest BCUT2D eigenvalue weighted by Gasteiger charge is 2.18. The Morgan fingerprint density at radius 1 is 1.25 bits per heavy atom. The average Bonchev–Trinajstić information content (AvgIpc) is 2.66. The van der Waals surface area contributed by atoms with E-state index in [0.717, 1.165) is 18.7 Å². The predicted molar refractivity (Wildman–Crippen MR) is 85.4 cm³/mol. The van der Waals surface area contributed by atoms with Gasteiger partial charge < -0.3 is 9.73 Å². The summed E-state index contributed by atoms with van der Waals surface area (Å²) in [5.41, 5.74) is 2.30. The van der Waals surface area contributed by atoms with E-state index in [4.69, 9.17) is 4.42 Å². The number of para-hydroxylation sites is 1. The number of halogens is 1. The van der Waals surface area contributed by atoms with E-state index < -0.39 is 0 Å². The zero-order valence-corrected chi connectivity index (χ0v) is 12.8. The van der Waals surface area contributed by atoms with E-state index in [1.165, 1.54) is 36.8 Å². The Bertz CT molecular complexity index is 532. The van der Waals surface area contributed by atoms with Gasteiger partial charge in [0.05, 0.1) is 6.26 Å². The van der Waals surface area contributed by atoms with Crippen LogP contribution in [0.3, 0.4) is 0 Å². The van der Waals surface area contributed by atoms with Crippen molar-refractivity contribution in [1.82, 2.24) is 10.2 Å². The van der Waals surface area contributed by atoms with E-state index in [2.05, 4.69) is 29.4 Å². The van der Waals surface area contributed by atoms with Crippen LogP contribution >= 0.6 is 12.4 Å². The van der Waals surface area contributed by atoms with Gasteiger partial charge in [-0.15, -0.1) is 12.4 Å². The predicted octanol–water partition coefficient (Wildman–Crippen LogP) is 3.43. The second kappa shape index (κ2) is 7.11. The number of furan rings is 1. The summed E-state index contributed by atoms with van der Waals surface area (Å²) in [6, 6.07) is 8.97. The third kappa shape index (κ3) is 3.35. The van der Waals surface area contributed by atoms with Gasteiger partial charge in [-0.05, 0) is 45.5 Å². The monoisotopic (exact) mass is 294 g/mol. The van der Waals surface area contributed by atoms with Crippen molar-refractivity contribution >= 4 is 23.4 Å². The number of fused-ring (bicyclic) bond motifs is 1. The number of nitrogens with zero attached hydrogens (tertiary/aromatic N) is 1. The van der Waals surface area contributed by atoms with Gasteiger partial charge in [-0.3, -0.25) is 4.90 Å². The third-order valence-electron chi connectivity index (χ3n) is 4.15. The van der Waals surface area contributed by atoms with Crippen LogP contribution in [0.2, 0.25) is 0 Å². The summed E-state index contributed by atoms with van der Waals surface area (Å²) in [6.07, 6.45) is 5.73. The molecule has 0 aliphatic carbocycles. The largest absolute Gasteiger partial charge is 0.464 e. The van der Waals surface area contributed by atoms with Gasteiger partial charge in [-0.25, -0.2) is 0 Å².